The van der Waals surface area contributed by atoms with Gasteiger partial charge in [-0.1, -0.05) is 44.2 Å². The number of amides is 1. The Morgan fingerprint density at radius 1 is 1.03 bits per heavy atom. The Balaban J connectivity index is 1.35. The van der Waals surface area contributed by atoms with Crippen molar-refractivity contribution in [2.24, 2.45) is 5.92 Å². The number of ketones is 1. The third-order valence-corrected chi connectivity index (χ3v) is 6.34. The number of carbonyl (C=O) groups is 2. The summed E-state index contributed by atoms with van der Waals surface area (Å²) in [6.07, 6.45) is 5.12. The molecular formula is C27H33N3O2. The van der Waals surface area contributed by atoms with E-state index in [1.165, 1.54) is 5.56 Å². The molecule has 5 heteroatoms. The summed E-state index contributed by atoms with van der Waals surface area (Å²) in [4.78, 5) is 27.3. The average molecular weight is 432 g/mol. The normalized spacial score (nSPS) is 14.9. The van der Waals surface area contributed by atoms with E-state index in [9.17, 15) is 9.59 Å². The number of rotatable bonds is 8. The van der Waals surface area contributed by atoms with E-state index in [4.69, 9.17) is 0 Å². The van der Waals surface area contributed by atoms with Gasteiger partial charge in [0.2, 0.25) is 0 Å². The molecule has 1 N–H and O–H groups in total. The summed E-state index contributed by atoms with van der Waals surface area (Å²) in [7, 11) is 0. The lowest BCUT2D eigenvalue weighted by atomic mass is 9.90. The standard InChI is InChI=1S/C27H33N3O2/c1-20(2)28-18-25(31)19-30-15-12-23-17-24(8-9-26(23)30)27(32)29-13-10-22(11-14-29)16-21-6-4-3-5-7-21/h3-9,12,15,17,20,22,28H,10-11,13-14,16,18-19H2,1-2H3. The largest absolute Gasteiger partial charge is 0.340 e. The highest BCUT2D eigenvalue weighted by atomic mass is 16.2. The van der Waals surface area contributed by atoms with Crippen molar-refractivity contribution in [3.63, 3.8) is 0 Å². The lowest BCUT2D eigenvalue weighted by Crippen LogP contribution is -2.38. The number of nitrogens with zero attached hydrogens (tertiary/aromatic N) is 2. The van der Waals surface area contributed by atoms with Gasteiger partial charge in [0.25, 0.3) is 5.91 Å². The Labute approximate surface area is 190 Å². The van der Waals surface area contributed by atoms with E-state index in [0.717, 1.165) is 48.8 Å². The van der Waals surface area contributed by atoms with Gasteiger partial charge in [-0.2, -0.15) is 0 Å². The molecule has 3 aromatic rings. The van der Waals surface area contributed by atoms with Gasteiger partial charge in [-0.3, -0.25) is 9.59 Å². The number of hydrogen-bond acceptors (Lipinski definition) is 3. The molecule has 1 aliphatic heterocycles. The molecule has 1 aliphatic rings. The van der Waals surface area contributed by atoms with Crippen LogP contribution in [0.25, 0.3) is 10.9 Å². The van der Waals surface area contributed by atoms with Gasteiger partial charge in [-0.15, -0.1) is 0 Å². The van der Waals surface area contributed by atoms with Crippen molar-refractivity contribution in [1.29, 1.82) is 0 Å². The van der Waals surface area contributed by atoms with Crippen LogP contribution in [0.4, 0.5) is 0 Å². The number of carbonyl (C=O) groups excluding carboxylic acids is 2. The number of benzene rings is 2. The van der Waals surface area contributed by atoms with Gasteiger partial charge in [0.05, 0.1) is 13.1 Å². The van der Waals surface area contributed by atoms with Gasteiger partial charge in [-0.25, -0.2) is 0 Å². The predicted octanol–water partition coefficient (Wildman–Crippen LogP) is 4.30. The molecule has 0 radical (unpaired) electrons. The molecule has 0 atom stereocenters. The number of fused-ring (bicyclic) bond motifs is 1. The first-order chi connectivity index (χ1) is 15.5. The first-order valence-corrected chi connectivity index (χ1v) is 11.7. The van der Waals surface area contributed by atoms with Crippen LogP contribution in [0.1, 0.15) is 42.6 Å². The number of likely N-dealkylation sites (tertiary alicyclic amines) is 1. The summed E-state index contributed by atoms with van der Waals surface area (Å²) in [5.74, 6) is 0.894. The van der Waals surface area contributed by atoms with E-state index >= 15 is 0 Å². The van der Waals surface area contributed by atoms with E-state index < -0.39 is 0 Å². The second kappa shape index (κ2) is 10.1. The Bertz CT molecular complexity index is 1060. The van der Waals surface area contributed by atoms with Crippen molar-refractivity contribution in [1.82, 2.24) is 14.8 Å². The van der Waals surface area contributed by atoms with Crippen LogP contribution in [0.15, 0.2) is 60.8 Å². The van der Waals surface area contributed by atoms with Crippen molar-refractivity contribution in [2.75, 3.05) is 19.6 Å². The monoisotopic (exact) mass is 431 g/mol. The van der Waals surface area contributed by atoms with Crippen molar-refractivity contribution >= 4 is 22.6 Å². The molecule has 1 amide bonds. The highest BCUT2D eigenvalue weighted by molar-refractivity contribution is 5.98. The molecule has 5 nitrogen and oxygen atoms in total. The molecule has 32 heavy (non-hydrogen) atoms. The zero-order valence-corrected chi connectivity index (χ0v) is 19.1. The first-order valence-electron chi connectivity index (χ1n) is 11.7. The van der Waals surface area contributed by atoms with Gasteiger partial charge in [0, 0.05) is 41.8 Å². The van der Waals surface area contributed by atoms with E-state index in [1.54, 1.807) is 0 Å². The zero-order valence-electron chi connectivity index (χ0n) is 19.1. The minimum absolute atomic E-state index is 0.107. The number of piperidine rings is 1. The van der Waals surface area contributed by atoms with Crippen LogP contribution >= 0.6 is 0 Å². The van der Waals surface area contributed by atoms with Gasteiger partial charge in [-0.05, 0) is 55.0 Å². The second-order valence-electron chi connectivity index (χ2n) is 9.22. The lowest BCUT2D eigenvalue weighted by Gasteiger charge is -2.32. The van der Waals surface area contributed by atoms with Gasteiger partial charge in [0.15, 0.2) is 5.78 Å². The smallest absolute Gasteiger partial charge is 0.253 e. The van der Waals surface area contributed by atoms with Crippen LogP contribution in [0.3, 0.4) is 0 Å². The van der Waals surface area contributed by atoms with Gasteiger partial charge in [0.1, 0.15) is 0 Å². The van der Waals surface area contributed by atoms with Crippen molar-refractivity contribution in [3.8, 4) is 0 Å². The molecule has 2 heterocycles. The maximum Gasteiger partial charge on any atom is 0.253 e. The molecule has 0 spiro atoms. The fourth-order valence-electron chi connectivity index (χ4n) is 4.51. The third-order valence-electron chi connectivity index (χ3n) is 6.34. The van der Waals surface area contributed by atoms with E-state index in [-0.39, 0.29) is 17.7 Å². The van der Waals surface area contributed by atoms with Gasteiger partial charge < -0.3 is 14.8 Å². The maximum atomic E-state index is 13.1. The van der Waals surface area contributed by atoms with E-state index in [1.807, 2.05) is 53.8 Å². The van der Waals surface area contributed by atoms with Crippen molar-refractivity contribution in [2.45, 2.75) is 45.7 Å². The topological polar surface area (TPSA) is 54.3 Å². The number of nitrogens with one attached hydrogen (secondary N) is 1. The summed E-state index contributed by atoms with van der Waals surface area (Å²) in [6.45, 7) is 6.39. The average Bonchev–Trinajstić information content (AvgIpc) is 3.20. The predicted molar refractivity (Wildman–Crippen MR) is 129 cm³/mol. The fraction of sp³-hybridized carbons (Fsp3) is 0.407. The molecule has 1 saturated heterocycles. The van der Waals surface area contributed by atoms with Crippen LogP contribution in [0.2, 0.25) is 0 Å². The molecule has 0 bridgehead atoms. The number of Topliss-reactive ketones (excluding diaryl/α,β-unsaturated/α-hetero) is 1. The van der Waals surface area contributed by atoms with E-state index in [0.29, 0.717) is 19.0 Å². The van der Waals surface area contributed by atoms with Crippen LogP contribution in [-0.4, -0.2) is 46.8 Å². The van der Waals surface area contributed by atoms with Crippen LogP contribution in [-0.2, 0) is 17.8 Å². The third kappa shape index (κ3) is 5.46. The molecule has 2 aromatic carbocycles. The van der Waals surface area contributed by atoms with Crippen molar-refractivity contribution < 1.29 is 9.59 Å². The highest BCUT2D eigenvalue weighted by Gasteiger charge is 2.24. The lowest BCUT2D eigenvalue weighted by molar-refractivity contribution is -0.118. The van der Waals surface area contributed by atoms with Crippen molar-refractivity contribution in [3.05, 3.63) is 71.9 Å². The Kier molecular flexibility index (Phi) is 7.05. The second-order valence-corrected chi connectivity index (χ2v) is 9.22. The SMILES string of the molecule is CC(C)NCC(=O)Cn1ccc2cc(C(=O)N3CCC(Cc4ccccc4)CC3)ccc21. The Hall–Kier alpha value is -2.92. The highest BCUT2D eigenvalue weighted by Crippen LogP contribution is 2.24. The molecule has 0 aliphatic carbocycles. The Morgan fingerprint density at radius 3 is 2.50 bits per heavy atom. The molecule has 1 fully saturated rings. The summed E-state index contributed by atoms with van der Waals surface area (Å²) in [6, 6.07) is 18.7. The molecule has 168 valence electrons. The van der Waals surface area contributed by atoms with Crippen LogP contribution < -0.4 is 5.32 Å². The summed E-state index contributed by atoms with van der Waals surface area (Å²) >= 11 is 0. The number of aromatic nitrogens is 1. The quantitative estimate of drug-likeness (QED) is 0.578. The summed E-state index contributed by atoms with van der Waals surface area (Å²) in [5, 5.41) is 4.17. The fourth-order valence-corrected chi connectivity index (χ4v) is 4.51. The molecule has 1 aromatic heterocycles. The molecule has 0 saturated carbocycles. The molecular weight excluding hydrogens is 398 g/mol. The minimum Gasteiger partial charge on any atom is -0.340 e. The van der Waals surface area contributed by atoms with Crippen LogP contribution in [0, 0.1) is 5.92 Å². The maximum absolute atomic E-state index is 13.1. The zero-order chi connectivity index (χ0) is 22.5. The first kappa shape index (κ1) is 22.3. The van der Waals surface area contributed by atoms with E-state index in [2.05, 4.69) is 35.6 Å². The summed E-state index contributed by atoms with van der Waals surface area (Å²) < 4.78 is 1.96. The molecule has 0 unspecified atom stereocenters. The van der Waals surface area contributed by atoms with Crippen LogP contribution in [0.5, 0.6) is 0 Å². The number of hydrogen-bond donors (Lipinski definition) is 1. The Morgan fingerprint density at radius 2 is 1.78 bits per heavy atom. The minimum atomic E-state index is 0.107. The summed E-state index contributed by atoms with van der Waals surface area (Å²) in [5.41, 5.74) is 3.09. The molecule has 4 rings (SSSR count). The van der Waals surface area contributed by atoms with Gasteiger partial charge >= 0.3 is 0 Å².